The van der Waals surface area contributed by atoms with E-state index in [-0.39, 0.29) is 15.5 Å². The van der Waals surface area contributed by atoms with E-state index in [2.05, 4.69) is 39.8 Å². The Balaban J connectivity index is 0.000000395. The third kappa shape index (κ3) is 10.4. The highest BCUT2D eigenvalue weighted by Gasteiger charge is 2.11. The van der Waals surface area contributed by atoms with Gasteiger partial charge in [0, 0.05) is 19.7 Å². The zero-order chi connectivity index (χ0) is 21.0. The number of hydrogen-bond donors (Lipinski definition) is 0. The Morgan fingerprint density at radius 1 is 1.04 bits per heavy atom. The molecule has 0 fully saturated rings. The lowest BCUT2D eigenvalue weighted by atomic mass is 10.1. The SMILES string of the molecule is C.O=Cc1ccc2c(c1)CCO2.O=P(Cl)(Cl)Cl.[2H][B]F.c1ccc2c(c1)CCO2. The number of carbonyl (C=O) groups excluding carboxylic acids is 1. The Hall–Kier alpha value is -1.20. The average Bonchev–Trinajstić information content (AvgIpc) is 3.29. The highest BCUT2D eigenvalue weighted by molar-refractivity contribution is 8.24. The van der Waals surface area contributed by atoms with Crippen molar-refractivity contribution in [3.8, 4) is 11.5 Å². The summed E-state index contributed by atoms with van der Waals surface area (Å²) in [5.74, 6) is 1.99. The van der Waals surface area contributed by atoms with Crippen molar-refractivity contribution < 1.29 is 23.1 Å². The summed E-state index contributed by atoms with van der Waals surface area (Å²) in [6.45, 7) is 1.61. The molecule has 2 aliphatic rings. The Kier molecular flexibility index (Phi) is 12.3. The molecule has 0 unspecified atom stereocenters. The van der Waals surface area contributed by atoms with Crippen molar-refractivity contribution in [1.82, 2.24) is 0 Å². The maximum absolute atomic E-state index is 10.4. The molecule has 4 rings (SSSR count). The van der Waals surface area contributed by atoms with Gasteiger partial charge in [-0.2, -0.15) is 0 Å². The number of ether oxygens (including phenoxy) is 2. The van der Waals surface area contributed by atoms with E-state index in [0.29, 0.717) is 0 Å². The fourth-order valence-electron chi connectivity index (χ4n) is 2.40. The van der Waals surface area contributed by atoms with Gasteiger partial charge in [0.25, 0.3) is 0 Å². The van der Waals surface area contributed by atoms with Gasteiger partial charge in [-0.25, -0.2) is 0 Å². The predicted octanol–water partition coefficient (Wildman–Crippen LogP) is 6.27. The number of hydrogen-bond acceptors (Lipinski definition) is 4. The second-order valence-electron chi connectivity index (χ2n) is 5.19. The largest absolute Gasteiger partial charge is 0.493 e. The smallest absolute Gasteiger partial charge is 0.339 e. The van der Waals surface area contributed by atoms with Gasteiger partial charge in [0.1, 0.15) is 17.8 Å². The lowest BCUT2D eigenvalue weighted by Crippen LogP contribution is -1.85. The van der Waals surface area contributed by atoms with Crippen LogP contribution in [0.4, 0.5) is 4.32 Å². The topological polar surface area (TPSA) is 52.6 Å². The highest BCUT2D eigenvalue weighted by Crippen LogP contribution is 2.61. The van der Waals surface area contributed by atoms with Crippen LogP contribution >= 0.6 is 38.9 Å². The van der Waals surface area contributed by atoms with Gasteiger partial charge in [-0.1, -0.05) is 25.6 Å². The van der Waals surface area contributed by atoms with Crippen LogP contribution in [0.15, 0.2) is 42.5 Å². The molecule has 0 aliphatic carbocycles. The third-order valence-corrected chi connectivity index (χ3v) is 3.45. The summed E-state index contributed by atoms with van der Waals surface area (Å²) < 4.78 is 35.3. The summed E-state index contributed by atoms with van der Waals surface area (Å²) >= 11 is 13.8. The van der Waals surface area contributed by atoms with Crippen molar-refractivity contribution in [1.29, 1.82) is 1.34 Å². The van der Waals surface area contributed by atoms with E-state index in [1.54, 1.807) is 6.07 Å². The van der Waals surface area contributed by atoms with Gasteiger partial charge in [-0.05, 0) is 69.1 Å². The first kappa shape index (κ1) is 24.8. The van der Waals surface area contributed by atoms with Crippen molar-refractivity contribution in [2.24, 2.45) is 0 Å². The first-order valence-electron chi connectivity index (χ1n) is 8.27. The number of para-hydroxylation sites is 1. The van der Waals surface area contributed by atoms with Gasteiger partial charge in [0.2, 0.25) is 0 Å². The summed E-state index contributed by atoms with van der Waals surface area (Å²) in [4.78, 5) is 10.4. The Labute approximate surface area is 181 Å². The van der Waals surface area contributed by atoms with Crippen LogP contribution in [0.1, 0.15) is 28.9 Å². The van der Waals surface area contributed by atoms with Crippen LogP contribution in [-0.2, 0) is 17.4 Å². The van der Waals surface area contributed by atoms with Crippen molar-refractivity contribution in [2.75, 3.05) is 13.2 Å². The Morgan fingerprint density at radius 2 is 1.54 bits per heavy atom. The number of fused-ring (bicyclic) bond motifs is 2. The molecule has 2 aromatic rings. The molecule has 0 bridgehead atoms. The maximum Gasteiger partial charge on any atom is 0.339 e. The molecule has 1 radical (unpaired) electrons. The summed E-state index contributed by atoms with van der Waals surface area (Å²) in [7, 11) is -0.250. The monoisotopic (exact) mass is 468 g/mol. The quantitative estimate of drug-likeness (QED) is 0.280. The summed E-state index contributed by atoms with van der Waals surface area (Å²) in [6.07, 6.45) is 2.87. The molecule has 10 heteroatoms. The van der Waals surface area contributed by atoms with Crippen molar-refractivity contribution in [3.05, 3.63) is 59.2 Å². The maximum atomic E-state index is 10.4. The second kappa shape index (κ2) is 13.9. The van der Waals surface area contributed by atoms with Gasteiger partial charge in [0.05, 0.1) is 13.2 Å². The van der Waals surface area contributed by atoms with Crippen LogP contribution in [0.25, 0.3) is 0 Å². The molecular weight excluding hydrogens is 447 g/mol. The van der Waals surface area contributed by atoms with Crippen LogP contribution in [0.3, 0.4) is 0 Å². The van der Waals surface area contributed by atoms with Crippen LogP contribution < -0.4 is 9.47 Å². The van der Waals surface area contributed by atoms with Gasteiger partial charge in [-0.3, -0.25) is 9.36 Å². The van der Waals surface area contributed by atoms with Gasteiger partial charge in [-0.15, -0.1) is 0 Å². The van der Waals surface area contributed by atoms with Crippen LogP contribution in [0.5, 0.6) is 11.5 Å². The minimum Gasteiger partial charge on any atom is -0.493 e. The molecular formula is C18H21BCl3FO4P. The van der Waals surface area contributed by atoms with E-state index >= 15 is 0 Å². The van der Waals surface area contributed by atoms with E-state index < -0.39 is 5.20 Å². The van der Waals surface area contributed by atoms with Crippen molar-refractivity contribution >= 4 is 53.3 Å². The van der Waals surface area contributed by atoms with E-state index in [1.807, 2.05) is 30.3 Å². The normalized spacial score (nSPS) is 12.8. The van der Waals surface area contributed by atoms with Crippen LogP contribution in [-0.4, -0.2) is 28.9 Å². The molecule has 0 aromatic heterocycles. The van der Waals surface area contributed by atoms with Crippen LogP contribution in [0.2, 0.25) is 0 Å². The molecule has 153 valence electrons. The molecule has 0 saturated carbocycles. The number of benzene rings is 2. The fourth-order valence-corrected chi connectivity index (χ4v) is 2.40. The van der Waals surface area contributed by atoms with Crippen molar-refractivity contribution in [2.45, 2.75) is 20.3 Å². The molecule has 0 N–H and O–H groups in total. The van der Waals surface area contributed by atoms with E-state index in [0.717, 1.165) is 55.0 Å². The summed E-state index contributed by atoms with van der Waals surface area (Å²) in [5, 5.41) is -3.22. The zero-order valence-electron chi connectivity index (χ0n) is 15.1. The molecule has 4 nitrogen and oxygen atoms in total. The number of carbonyl (C=O) groups is 1. The van der Waals surface area contributed by atoms with E-state index in [1.165, 1.54) is 5.56 Å². The van der Waals surface area contributed by atoms with Crippen molar-refractivity contribution in [3.63, 3.8) is 0 Å². The molecule has 2 aliphatic heterocycles. The molecule has 0 atom stereocenters. The molecule has 2 heterocycles. The van der Waals surface area contributed by atoms with Gasteiger partial charge in [0.15, 0.2) is 0 Å². The van der Waals surface area contributed by atoms with Gasteiger partial charge >= 0.3 is 13.3 Å². The predicted molar refractivity (Wildman–Crippen MR) is 117 cm³/mol. The first-order valence-corrected chi connectivity index (χ1v) is 12.1. The highest BCUT2D eigenvalue weighted by atomic mass is 36.0. The lowest BCUT2D eigenvalue weighted by Gasteiger charge is -1.97. The fraction of sp³-hybridized carbons (Fsp3) is 0.278. The third-order valence-electron chi connectivity index (χ3n) is 3.45. The molecule has 0 spiro atoms. The minimum atomic E-state index is -3.22. The van der Waals surface area contributed by atoms with E-state index in [9.17, 15) is 13.7 Å². The van der Waals surface area contributed by atoms with Gasteiger partial charge < -0.3 is 13.8 Å². The lowest BCUT2D eigenvalue weighted by molar-refractivity contribution is 0.112. The zero-order valence-corrected chi connectivity index (χ0v) is 17.3. The number of aldehydes is 1. The second-order valence-corrected chi connectivity index (χ2v) is 11.8. The molecule has 28 heavy (non-hydrogen) atoms. The summed E-state index contributed by atoms with van der Waals surface area (Å²) in [6, 6.07) is 13.7. The summed E-state index contributed by atoms with van der Waals surface area (Å²) in [5.41, 5.74) is 3.22. The van der Waals surface area contributed by atoms with Crippen LogP contribution in [0, 0.1) is 0 Å². The van der Waals surface area contributed by atoms with E-state index in [4.69, 9.17) is 10.8 Å². The number of halogens is 4. The molecule has 0 amide bonds. The minimum absolute atomic E-state index is 0. The molecule has 2 aromatic carbocycles. The first-order chi connectivity index (χ1) is 13.3. The standard InChI is InChI=1S/C9H8O2.C8H8O.CH4.BFH.Cl3OP/c10-6-7-1-2-9-8(5-7)3-4-11-9;1-2-4-8-7(3-1)5-6-9-8;;1-2;1-5(2,3)4/h1-2,5-6H,3-4H2;1-4H,5-6H2;1H4;1H;/i;;;1D;. The average molecular weight is 470 g/mol. The Bertz CT molecular complexity index is 779. The molecule has 0 saturated heterocycles. The number of rotatable bonds is 1. The Morgan fingerprint density at radius 3 is 2.07 bits per heavy atom.